The van der Waals surface area contributed by atoms with Crippen molar-refractivity contribution in [3.63, 3.8) is 0 Å². The number of rotatable bonds is 5. The SMILES string of the molecule is CN(Cc1ccsc1)C(=O)c1nc(-c2ccccc2)n(-c2ccccc2)n1. The molecule has 5 nitrogen and oxygen atoms in total. The van der Waals surface area contributed by atoms with Crippen LogP contribution in [0.1, 0.15) is 16.2 Å². The van der Waals surface area contributed by atoms with Crippen molar-refractivity contribution in [1.29, 1.82) is 0 Å². The molecule has 0 aliphatic carbocycles. The number of nitrogens with zero attached hydrogens (tertiary/aromatic N) is 4. The molecule has 0 aliphatic heterocycles. The molecular weight excluding hydrogens is 356 g/mol. The van der Waals surface area contributed by atoms with E-state index in [1.54, 1.807) is 28.0 Å². The zero-order valence-electron chi connectivity index (χ0n) is 14.8. The average molecular weight is 374 g/mol. The van der Waals surface area contributed by atoms with Crippen LogP contribution in [-0.2, 0) is 6.54 Å². The minimum absolute atomic E-state index is 0.190. The quantitative estimate of drug-likeness (QED) is 0.524. The van der Waals surface area contributed by atoms with Gasteiger partial charge in [0.15, 0.2) is 5.82 Å². The Bertz CT molecular complexity index is 970. The van der Waals surface area contributed by atoms with E-state index in [4.69, 9.17) is 0 Å². The minimum atomic E-state index is -0.201. The lowest BCUT2D eigenvalue weighted by molar-refractivity contribution is 0.0773. The van der Waals surface area contributed by atoms with Crippen molar-refractivity contribution >= 4 is 17.2 Å². The number of carbonyl (C=O) groups is 1. The molecule has 0 aliphatic rings. The summed E-state index contributed by atoms with van der Waals surface area (Å²) in [5.74, 6) is 0.637. The van der Waals surface area contributed by atoms with Crippen LogP contribution in [0, 0.1) is 0 Å². The molecule has 0 fully saturated rings. The van der Waals surface area contributed by atoms with E-state index in [9.17, 15) is 4.79 Å². The van der Waals surface area contributed by atoms with E-state index >= 15 is 0 Å². The maximum atomic E-state index is 12.9. The van der Waals surface area contributed by atoms with Gasteiger partial charge in [0.1, 0.15) is 0 Å². The van der Waals surface area contributed by atoms with Crippen molar-refractivity contribution in [1.82, 2.24) is 19.7 Å². The second-order valence-electron chi connectivity index (χ2n) is 6.17. The Morgan fingerprint density at radius 2 is 1.74 bits per heavy atom. The monoisotopic (exact) mass is 374 g/mol. The molecule has 0 bridgehead atoms. The van der Waals surface area contributed by atoms with Crippen LogP contribution in [0.15, 0.2) is 77.5 Å². The van der Waals surface area contributed by atoms with Crippen molar-refractivity contribution in [2.75, 3.05) is 7.05 Å². The molecule has 0 atom stereocenters. The summed E-state index contributed by atoms with van der Waals surface area (Å²) in [6, 6.07) is 21.5. The second kappa shape index (κ2) is 7.55. The predicted octanol–water partition coefficient (Wildman–Crippen LogP) is 4.27. The summed E-state index contributed by atoms with van der Waals surface area (Å²) in [4.78, 5) is 19.1. The van der Waals surface area contributed by atoms with Gasteiger partial charge in [0.25, 0.3) is 5.91 Å². The van der Waals surface area contributed by atoms with E-state index < -0.39 is 0 Å². The van der Waals surface area contributed by atoms with Gasteiger partial charge in [-0.2, -0.15) is 11.3 Å². The highest BCUT2D eigenvalue weighted by atomic mass is 32.1. The molecule has 2 heterocycles. The molecule has 0 unspecified atom stereocenters. The molecule has 6 heteroatoms. The number of hydrogen-bond donors (Lipinski definition) is 0. The van der Waals surface area contributed by atoms with E-state index in [0.717, 1.165) is 16.8 Å². The van der Waals surface area contributed by atoms with Crippen molar-refractivity contribution < 1.29 is 4.79 Å². The highest BCUT2D eigenvalue weighted by Gasteiger charge is 2.21. The van der Waals surface area contributed by atoms with E-state index in [0.29, 0.717) is 12.4 Å². The number of benzene rings is 2. The molecule has 2 aromatic heterocycles. The van der Waals surface area contributed by atoms with Crippen molar-refractivity contribution in [3.8, 4) is 17.1 Å². The molecular formula is C21H18N4OS. The van der Waals surface area contributed by atoms with Crippen LogP contribution < -0.4 is 0 Å². The normalized spacial score (nSPS) is 10.7. The first-order valence-electron chi connectivity index (χ1n) is 8.57. The average Bonchev–Trinajstić information content (AvgIpc) is 3.38. The predicted molar refractivity (Wildman–Crippen MR) is 107 cm³/mol. The molecule has 27 heavy (non-hydrogen) atoms. The van der Waals surface area contributed by atoms with E-state index in [-0.39, 0.29) is 11.7 Å². The molecule has 2 aromatic carbocycles. The highest BCUT2D eigenvalue weighted by Crippen LogP contribution is 2.21. The summed E-state index contributed by atoms with van der Waals surface area (Å²) < 4.78 is 1.72. The fourth-order valence-electron chi connectivity index (χ4n) is 2.82. The van der Waals surface area contributed by atoms with Crippen LogP contribution in [0.4, 0.5) is 0 Å². The lowest BCUT2D eigenvalue weighted by Crippen LogP contribution is -2.27. The van der Waals surface area contributed by atoms with Gasteiger partial charge < -0.3 is 4.90 Å². The number of hydrogen-bond acceptors (Lipinski definition) is 4. The Balaban J connectivity index is 1.72. The van der Waals surface area contributed by atoms with Crippen molar-refractivity contribution in [3.05, 3.63) is 88.9 Å². The third kappa shape index (κ3) is 3.66. The Morgan fingerprint density at radius 3 is 2.41 bits per heavy atom. The summed E-state index contributed by atoms with van der Waals surface area (Å²) in [6.07, 6.45) is 0. The Labute approximate surface area is 161 Å². The molecule has 4 aromatic rings. The zero-order chi connectivity index (χ0) is 18.6. The van der Waals surface area contributed by atoms with Gasteiger partial charge >= 0.3 is 0 Å². The van der Waals surface area contributed by atoms with Crippen LogP contribution in [0.2, 0.25) is 0 Å². The van der Waals surface area contributed by atoms with Gasteiger partial charge in [-0.05, 0) is 34.5 Å². The van der Waals surface area contributed by atoms with Gasteiger partial charge in [-0.3, -0.25) is 4.79 Å². The number of carbonyl (C=O) groups excluding carboxylic acids is 1. The summed E-state index contributed by atoms with van der Waals surface area (Å²) in [7, 11) is 1.77. The van der Waals surface area contributed by atoms with Crippen LogP contribution in [0.25, 0.3) is 17.1 Å². The molecule has 1 amide bonds. The van der Waals surface area contributed by atoms with Crippen LogP contribution in [0.3, 0.4) is 0 Å². The maximum Gasteiger partial charge on any atom is 0.293 e. The van der Waals surface area contributed by atoms with Gasteiger partial charge in [0.05, 0.1) is 5.69 Å². The first-order valence-corrected chi connectivity index (χ1v) is 9.51. The smallest absolute Gasteiger partial charge is 0.293 e. The molecule has 134 valence electrons. The van der Waals surface area contributed by atoms with Gasteiger partial charge in [0, 0.05) is 19.2 Å². The van der Waals surface area contributed by atoms with Gasteiger partial charge in [-0.25, -0.2) is 9.67 Å². The van der Waals surface area contributed by atoms with Crippen molar-refractivity contribution in [2.45, 2.75) is 6.54 Å². The standard InChI is InChI=1S/C21H18N4OS/c1-24(14-16-12-13-27-15-16)21(26)19-22-20(17-8-4-2-5-9-17)25(23-19)18-10-6-3-7-11-18/h2-13,15H,14H2,1H3. The zero-order valence-corrected chi connectivity index (χ0v) is 15.6. The summed E-state index contributed by atoms with van der Waals surface area (Å²) in [6.45, 7) is 0.531. The molecule has 0 radical (unpaired) electrons. The topological polar surface area (TPSA) is 51.0 Å². The molecule has 0 spiro atoms. The molecule has 4 rings (SSSR count). The van der Waals surface area contributed by atoms with Gasteiger partial charge in [-0.15, -0.1) is 5.10 Å². The van der Waals surface area contributed by atoms with Crippen LogP contribution in [0.5, 0.6) is 0 Å². The van der Waals surface area contributed by atoms with E-state index in [2.05, 4.69) is 10.1 Å². The fraction of sp³-hybridized carbons (Fsp3) is 0.0952. The lowest BCUT2D eigenvalue weighted by Gasteiger charge is -2.13. The van der Waals surface area contributed by atoms with Crippen LogP contribution >= 0.6 is 11.3 Å². The minimum Gasteiger partial charge on any atom is -0.335 e. The van der Waals surface area contributed by atoms with Gasteiger partial charge in [0.2, 0.25) is 5.82 Å². The highest BCUT2D eigenvalue weighted by molar-refractivity contribution is 7.07. The van der Waals surface area contributed by atoms with Crippen molar-refractivity contribution in [2.24, 2.45) is 0 Å². The van der Waals surface area contributed by atoms with E-state index in [1.165, 1.54) is 0 Å². The third-order valence-electron chi connectivity index (χ3n) is 4.18. The summed E-state index contributed by atoms with van der Waals surface area (Å²) in [5.41, 5.74) is 2.87. The summed E-state index contributed by atoms with van der Waals surface area (Å²) in [5, 5.41) is 8.56. The number of amides is 1. The maximum absolute atomic E-state index is 12.9. The first kappa shape index (κ1) is 17.2. The Morgan fingerprint density at radius 1 is 1.04 bits per heavy atom. The van der Waals surface area contributed by atoms with Gasteiger partial charge in [-0.1, -0.05) is 48.5 Å². The van der Waals surface area contributed by atoms with Crippen LogP contribution in [-0.4, -0.2) is 32.6 Å². The first-order chi connectivity index (χ1) is 13.2. The molecule has 0 saturated carbocycles. The number of aromatic nitrogens is 3. The van der Waals surface area contributed by atoms with E-state index in [1.807, 2.05) is 77.5 Å². The second-order valence-corrected chi connectivity index (χ2v) is 6.95. The largest absolute Gasteiger partial charge is 0.335 e. The number of para-hydroxylation sites is 1. The molecule has 0 saturated heterocycles. The summed E-state index contributed by atoms with van der Waals surface area (Å²) >= 11 is 1.62. The third-order valence-corrected chi connectivity index (χ3v) is 4.91. The fourth-order valence-corrected chi connectivity index (χ4v) is 3.48. The number of thiophene rings is 1. The Kier molecular flexibility index (Phi) is 4.80. The lowest BCUT2D eigenvalue weighted by atomic mass is 10.2. The Hall–Kier alpha value is -3.25. The molecule has 0 N–H and O–H groups in total.